The summed E-state index contributed by atoms with van der Waals surface area (Å²) in [5.41, 5.74) is 0. The maximum absolute atomic E-state index is 10.3. The quantitative estimate of drug-likeness (QED) is 0.516. The molecule has 0 radical (unpaired) electrons. The number of hydrogen-bond donors (Lipinski definition) is 0. The predicted octanol–water partition coefficient (Wildman–Crippen LogP) is 2.70. The first kappa shape index (κ1) is 13.4. The molecule has 1 aliphatic heterocycles. The molecule has 1 rings (SSSR count). The molecule has 0 aliphatic carbocycles. The van der Waals surface area contributed by atoms with E-state index in [1.807, 2.05) is 6.08 Å². The third kappa shape index (κ3) is 4.45. The molecule has 92 valence electrons. The second-order valence-electron chi connectivity index (χ2n) is 4.26. The minimum absolute atomic E-state index is 0.0502. The maximum atomic E-state index is 10.3. The van der Waals surface area contributed by atoms with Gasteiger partial charge in [0.05, 0.1) is 6.10 Å². The van der Waals surface area contributed by atoms with Gasteiger partial charge in [-0.2, -0.15) is 0 Å². The molecular weight excluding hydrogens is 204 g/mol. The first-order chi connectivity index (χ1) is 7.77. The van der Waals surface area contributed by atoms with E-state index >= 15 is 0 Å². The van der Waals surface area contributed by atoms with Crippen LogP contribution in [-0.4, -0.2) is 25.3 Å². The van der Waals surface area contributed by atoms with Gasteiger partial charge in [0.1, 0.15) is 6.29 Å². The van der Waals surface area contributed by atoms with E-state index in [4.69, 9.17) is 9.47 Å². The molecule has 0 spiro atoms. The smallest absolute Gasteiger partial charge is 0.157 e. The topological polar surface area (TPSA) is 35.5 Å². The van der Waals surface area contributed by atoms with Gasteiger partial charge < -0.3 is 9.47 Å². The molecule has 3 atom stereocenters. The summed E-state index contributed by atoms with van der Waals surface area (Å²) in [6.45, 7) is 4.97. The van der Waals surface area contributed by atoms with Crippen LogP contribution in [0, 0.1) is 5.92 Å². The van der Waals surface area contributed by atoms with Crippen LogP contribution in [0.4, 0.5) is 0 Å². The summed E-state index contributed by atoms with van der Waals surface area (Å²) in [5.74, 6) is 0.251. The number of carbonyl (C=O) groups excluding carboxylic acids is 1. The van der Waals surface area contributed by atoms with Crippen LogP contribution in [-0.2, 0) is 14.3 Å². The van der Waals surface area contributed by atoms with E-state index in [1.54, 1.807) is 6.08 Å². The Morgan fingerprint density at radius 3 is 2.88 bits per heavy atom. The minimum Gasteiger partial charge on any atom is -0.353 e. The lowest BCUT2D eigenvalue weighted by atomic mass is 10.0. The van der Waals surface area contributed by atoms with E-state index in [0.717, 1.165) is 32.2 Å². The normalized spacial score (nSPS) is 25.5. The summed E-state index contributed by atoms with van der Waals surface area (Å²) in [6.07, 6.45) is 8.56. The molecule has 0 aromatic heterocycles. The second-order valence-corrected chi connectivity index (χ2v) is 4.26. The molecule has 16 heavy (non-hydrogen) atoms. The Morgan fingerprint density at radius 2 is 2.31 bits per heavy atom. The average molecular weight is 226 g/mol. The summed E-state index contributed by atoms with van der Waals surface area (Å²) < 4.78 is 11.5. The van der Waals surface area contributed by atoms with Gasteiger partial charge >= 0.3 is 0 Å². The van der Waals surface area contributed by atoms with Crippen molar-refractivity contribution in [1.82, 2.24) is 0 Å². The van der Waals surface area contributed by atoms with E-state index in [0.29, 0.717) is 0 Å². The SMILES string of the molecule is CC[C@@H](OC1CCCCO1)[C@@H](C)/C=C/C=O. The molecule has 1 unspecified atom stereocenters. The summed E-state index contributed by atoms with van der Waals surface area (Å²) in [4.78, 5) is 10.3. The molecule has 1 aliphatic rings. The molecule has 3 nitrogen and oxygen atoms in total. The first-order valence-electron chi connectivity index (χ1n) is 6.17. The summed E-state index contributed by atoms with van der Waals surface area (Å²) in [5, 5.41) is 0. The highest BCUT2D eigenvalue weighted by Gasteiger charge is 2.21. The fraction of sp³-hybridized carbons (Fsp3) is 0.769. The number of hydrogen-bond acceptors (Lipinski definition) is 3. The van der Waals surface area contributed by atoms with Gasteiger partial charge in [-0.15, -0.1) is 0 Å². The zero-order valence-corrected chi connectivity index (χ0v) is 10.2. The van der Waals surface area contributed by atoms with E-state index < -0.39 is 0 Å². The van der Waals surface area contributed by atoms with Crippen molar-refractivity contribution in [3.05, 3.63) is 12.2 Å². The Labute approximate surface area is 97.8 Å². The van der Waals surface area contributed by atoms with Crippen LogP contribution in [0.3, 0.4) is 0 Å². The standard InChI is InChI=1S/C13H22O3/c1-3-12(11(2)7-6-9-14)16-13-8-4-5-10-15-13/h6-7,9,11-13H,3-5,8,10H2,1-2H3/b7-6+/t11-,12+,13?/m0/s1. The van der Waals surface area contributed by atoms with Gasteiger partial charge in [-0.3, -0.25) is 4.79 Å². The van der Waals surface area contributed by atoms with Crippen molar-refractivity contribution in [3.63, 3.8) is 0 Å². The number of aldehydes is 1. The highest BCUT2D eigenvalue weighted by molar-refractivity contribution is 5.64. The molecule has 0 aromatic carbocycles. The van der Waals surface area contributed by atoms with Gasteiger partial charge in [-0.25, -0.2) is 0 Å². The largest absolute Gasteiger partial charge is 0.353 e. The van der Waals surface area contributed by atoms with Crippen LogP contribution in [0.15, 0.2) is 12.2 Å². The summed E-state index contributed by atoms with van der Waals surface area (Å²) in [6, 6.07) is 0. The molecule has 1 saturated heterocycles. The van der Waals surface area contributed by atoms with Crippen LogP contribution in [0.1, 0.15) is 39.5 Å². The van der Waals surface area contributed by atoms with Crippen LogP contribution >= 0.6 is 0 Å². The van der Waals surface area contributed by atoms with Crippen molar-refractivity contribution >= 4 is 6.29 Å². The predicted molar refractivity (Wildman–Crippen MR) is 63.1 cm³/mol. The molecule has 1 fully saturated rings. The molecular formula is C13H22O3. The van der Waals surface area contributed by atoms with E-state index in [1.165, 1.54) is 6.42 Å². The molecule has 0 saturated carbocycles. The van der Waals surface area contributed by atoms with Crippen molar-refractivity contribution < 1.29 is 14.3 Å². The highest BCUT2D eigenvalue weighted by atomic mass is 16.7. The van der Waals surface area contributed by atoms with Gasteiger partial charge in [0.2, 0.25) is 0 Å². The molecule has 0 aromatic rings. The first-order valence-corrected chi connectivity index (χ1v) is 6.17. The van der Waals surface area contributed by atoms with Gasteiger partial charge in [0.15, 0.2) is 6.29 Å². The Bertz CT molecular complexity index is 219. The Kier molecular flexibility index (Phi) is 6.34. The monoisotopic (exact) mass is 226 g/mol. The van der Waals surface area contributed by atoms with Crippen molar-refractivity contribution in [2.45, 2.75) is 51.9 Å². The zero-order chi connectivity index (χ0) is 11.8. The molecule has 3 heteroatoms. The van der Waals surface area contributed by atoms with Crippen LogP contribution in [0.5, 0.6) is 0 Å². The van der Waals surface area contributed by atoms with Gasteiger partial charge in [0.25, 0.3) is 0 Å². The van der Waals surface area contributed by atoms with Gasteiger partial charge in [-0.1, -0.05) is 19.9 Å². The average Bonchev–Trinajstić information content (AvgIpc) is 2.34. The molecule has 0 amide bonds. The van der Waals surface area contributed by atoms with E-state index in [2.05, 4.69) is 13.8 Å². The summed E-state index contributed by atoms with van der Waals surface area (Å²) in [7, 11) is 0. The minimum atomic E-state index is -0.0502. The fourth-order valence-electron chi connectivity index (χ4n) is 1.95. The Morgan fingerprint density at radius 1 is 1.50 bits per heavy atom. The number of allylic oxidation sites excluding steroid dienone is 1. The van der Waals surface area contributed by atoms with Crippen molar-refractivity contribution in [2.24, 2.45) is 5.92 Å². The van der Waals surface area contributed by atoms with E-state index in [9.17, 15) is 4.79 Å². The maximum Gasteiger partial charge on any atom is 0.157 e. The van der Waals surface area contributed by atoms with Crippen LogP contribution in [0.25, 0.3) is 0 Å². The van der Waals surface area contributed by atoms with Gasteiger partial charge in [0, 0.05) is 12.5 Å². The molecule has 0 N–H and O–H groups in total. The lowest BCUT2D eigenvalue weighted by Crippen LogP contribution is -2.30. The van der Waals surface area contributed by atoms with Crippen LogP contribution in [0.2, 0.25) is 0 Å². The van der Waals surface area contributed by atoms with Crippen molar-refractivity contribution in [1.29, 1.82) is 0 Å². The number of carbonyl (C=O) groups is 1. The number of rotatable bonds is 6. The van der Waals surface area contributed by atoms with Crippen molar-refractivity contribution in [3.8, 4) is 0 Å². The fourth-order valence-corrected chi connectivity index (χ4v) is 1.95. The lowest BCUT2D eigenvalue weighted by molar-refractivity contribution is -0.194. The molecule has 0 bridgehead atoms. The summed E-state index contributed by atoms with van der Waals surface area (Å²) >= 11 is 0. The number of ether oxygens (including phenoxy) is 2. The second kappa shape index (κ2) is 7.58. The Hall–Kier alpha value is -0.670. The third-order valence-corrected chi connectivity index (χ3v) is 2.95. The van der Waals surface area contributed by atoms with Crippen LogP contribution < -0.4 is 0 Å². The highest BCUT2D eigenvalue weighted by Crippen LogP contribution is 2.20. The molecule has 1 heterocycles. The van der Waals surface area contributed by atoms with Gasteiger partial charge in [-0.05, 0) is 31.8 Å². The van der Waals surface area contributed by atoms with E-state index in [-0.39, 0.29) is 18.3 Å². The third-order valence-electron chi connectivity index (χ3n) is 2.95. The Balaban J connectivity index is 2.39. The lowest BCUT2D eigenvalue weighted by Gasteiger charge is -2.29. The zero-order valence-electron chi connectivity index (χ0n) is 10.2. The van der Waals surface area contributed by atoms with Crippen molar-refractivity contribution in [2.75, 3.05) is 6.61 Å².